The van der Waals surface area contributed by atoms with Gasteiger partial charge in [0.2, 0.25) is 0 Å². The van der Waals surface area contributed by atoms with Gasteiger partial charge in [0.05, 0.1) is 5.52 Å². The van der Waals surface area contributed by atoms with E-state index in [9.17, 15) is 0 Å². The third-order valence-electron chi connectivity index (χ3n) is 6.13. The van der Waals surface area contributed by atoms with Crippen LogP contribution in [-0.2, 0) is 0 Å². The molecular weight excluding hydrogens is 388 g/mol. The monoisotopic (exact) mass is 412 g/mol. The van der Waals surface area contributed by atoms with Crippen LogP contribution < -0.4 is 9.47 Å². The lowest BCUT2D eigenvalue weighted by Crippen LogP contribution is -2.42. The molecule has 0 bridgehead atoms. The third-order valence-corrected chi connectivity index (χ3v) is 6.13. The molecule has 1 atom stereocenters. The summed E-state index contributed by atoms with van der Waals surface area (Å²) in [4.78, 5) is 7.03. The van der Waals surface area contributed by atoms with E-state index in [-0.39, 0.29) is 6.10 Å². The van der Waals surface area contributed by atoms with Gasteiger partial charge in [0.15, 0.2) is 11.5 Å². The molecule has 1 unspecified atom stereocenters. The number of hydrogen-bond acceptors (Lipinski definition) is 5. The fourth-order valence-electron chi connectivity index (χ4n) is 4.50. The van der Waals surface area contributed by atoms with E-state index in [2.05, 4.69) is 34.2 Å². The molecule has 4 aromatic rings. The predicted octanol–water partition coefficient (Wildman–Crippen LogP) is 5.22. The zero-order valence-corrected chi connectivity index (χ0v) is 17.5. The van der Waals surface area contributed by atoms with Crippen molar-refractivity contribution >= 4 is 27.4 Å². The first-order valence-corrected chi connectivity index (χ1v) is 10.8. The van der Waals surface area contributed by atoms with Crippen molar-refractivity contribution in [3.8, 4) is 11.5 Å². The lowest BCUT2D eigenvalue weighted by atomic mass is 10.0. The number of aromatic nitrogens is 1. The van der Waals surface area contributed by atoms with E-state index in [1.807, 2.05) is 43.3 Å². The summed E-state index contributed by atoms with van der Waals surface area (Å²) < 4.78 is 18.5. The van der Waals surface area contributed by atoms with Gasteiger partial charge >= 0.3 is 0 Å². The standard InChI is InChI=1S/C26H24N2O3/c1-17-6-7-21-22(27-17)8-9-24-26(21)30-20(16-29-24)15-28-12-10-18(11-13-28)25-14-19-4-2-3-5-23(19)31-25/h2-10,14,20H,11-13,15-16H2,1H3. The molecule has 5 heteroatoms. The number of hydrogen-bond donors (Lipinski definition) is 0. The summed E-state index contributed by atoms with van der Waals surface area (Å²) in [5.74, 6) is 2.61. The van der Waals surface area contributed by atoms with Crippen LogP contribution in [0.25, 0.3) is 27.4 Å². The molecule has 0 spiro atoms. The van der Waals surface area contributed by atoms with Gasteiger partial charge in [-0.15, -0.1) is 0 Å². The van der Waals surface area contributed by atoms with Gasteiger partial charge < -0.3 is 13.9 Å². The fraction of sp³-hybridized carbons (Fsp3) is 0.269. The van der Waals surface area contributed by atoms with Crippen LogP contribution in [0, 0.1) is 6.92 Å². The molecule has 0 amide bonds. The average molecular weight is 412 g/mol. The van der Waals surface area contributed by atoms with Gasteiger partial charge in [-0.3, -0.25) is 9.88 Å². The molecule has 0 saturated heterocycles. The molecule has 0 aliphatic carbocycles. The zero-order valence-electron chi connectivity index (χ0n) is 17.5. The maximum atomic E-state index is 6.39. The molecule has 156 valence electrons. The molecule has 2 aliphatic heterocycles. The number of fused-ring (bicyclic) bond motifs is 4. The Hall–Kier alpha value is -3.31. The second-order valence-corrected chi connectivity index (χ2v) is 8.35. The first-order chi connectivity index (χ1) is 15.2. The Morgan fingerprint density at radius 1 is 1.10 bits per heavy atom. The number of aryl methyl sites for hydroxylation is 1. The van der Waals surface area contributed by atoms with Crippen LogP contribution >= 0.6 is 0 Å². The first kappa shape index (κ1) is 18.5. The summed E-state index contributed by atoms with van der Waals surface area (Å²) in [6, 6.07) is 18.4. The van der Waals surface area contributed by atoms with Crippen molar-refractivity contribution in [1.82, 2.24) is 9.88 Å². The van der Waals surface area contributed by atoms with Crippen LogP contribution in [0.5, 0.6) is 11.5 Å². The van der Waals surface area contributed by atoms with Crippen molar-refractivity contribution in [2.45, 2.75) is 19.4 Å². The van der Waals surface area contributed by atoms with Crippen LogP contribution in [0.15, 0.2) is 65.1 Å². The van der Waals surface area contributed by atoms with Crippen LogP contribution in [-0.4, -0.2) is 42.2 Å². The van der Waals surface area contributed by atoms with Crippen molar-refractivity contribution in [1.29, 1.82) is 0 Å². The highest BCUT2D eigenvalue weighted by atomic mass is 16.6. The van der Waals surface area contributed by atoms with Gasteiger partial charge in [-0.25, -0.2) is 0 Å². The number of furan rings is 1. The number of pyridine rings is 1. The number of nitrogens with zero attached hydrogens (tertiary/aromatic N) is 2. The molecule has 0 N–H and O–H groups in total. The normalized spacial score (nSPS) is 19.0. The van der Waals surface area contributed by atoms with Gasteiger partial charge in [-0.1, -0.05) is 24.3 Å². The molecule has 6 rings (SSSR count). The van der Waals surface area contributed by atoms with E-state index >= 15 is 0 Å². The van der Waals surface area contributed by atoms with Crippen molar-refractivity contribution in [3.63, 3.8) is 0 Å². The van der Waals surface area contributed by atoms with Crippen molar-refractivity contribution in [3.05, 3.63) is 72.1 Å². The van der Waals surface area contributed by atoms with Gasteiger partial charge in [-0.05, 0) is 55.3 Å². The lowest BCUT2D eigenvalue weighted by molar-refractivity contribution is 0.0632. The summed E-state index contributed by atoms with van der Waals surface area (Å²) in [7, 11) is 0. The second kappa shape index (κ2) is 7.43. The van der Waals surface area contributed by atoms with E-state index in [4.69, 9.17) is 13.9 Å². The second-order valence-electron chi connectivity index (χ2n) is 8.35. The minimum absolute atomic E-state index is 0.000513. The average Bonchev–Trinajstić information content (AvgIpc) is 3.23. The van der Waals surface area contributed by atoms with E-state index < -0.39 is 0 Å². The Morgan fingerprint density at radius 3 is 2.90 bits per heavy atom. The van der Waals surface area contributed by atoms with E-state index in [0.717, 1.165) is 70.9 Å². The molecule has 2 aromatic carbocycles. The third kappa shape index (κ3) is 3.45. The molecule has 5 nitrogen and oxygen atoms in total. The van der Waals surface area contributed by atoms with Crippen molar-refractivity contribution < 1.29 is 13.9 Å². The summed E-state index contributed by atoms with van der Waals surface area (Å²) in [6.45, 7) is 5.26. The highest BCUT2D eigenvalue weighted by molar-refractivity contribution is 5.88. The molecule has 0 fully saturated rings. The number of rotatable bonds is 3. The van der Waals surface area contributed by atoms with Crippen molar-refractivity contribution in [2.24, 2.45) is 0 Å². The van der Waals surface area contributed by atoms with Crippen LogP contribution in [0.3, 0.4) is 0 Å². The van der Waals surface area contributed by atoms with Crippen LogP contribution in [0.1, 0.15) is 17.9 Å². The lowest BCUT2D eigenvalue weighted by Gasteiger charge is -2.33. The van der Waals surface area contributed by atoms with E-state index in [1.54, 1.807) is 0 Å². The molecule has 2 aromatic heterocycles. The van der Waals surface area contributed by atoms with Crippen LogP contribution in [0.2, 0.25) is 0 Å². The zero-order chi connectivity index (χ0) is 20.8. The number of ether oxygens (including phenoxy) is 2. The minimum Gasteiger partial charge on any atom is -0.486 e. The highest BCUT2D eigenvalue weighted by Crippen LogP contribution is 2.38. The van der Waals surface area contributed by atoms with Crippen molar-refractivity contribution in [2.75, 3.05) is 26.2 Å². The quantitative estimate of drug-likeness (QED) is 0.462. The topological polar surface area (TPSA) is 47.7 Å². The van der Waals surface area contributed by atoms with E-state index in [1.165, 1.54) is 5.57 Å². The smallest absolute Gasteiger partial charge is 0.171 e. The molecule has 0 radical (unpaired) electrons. The van der Waals surface area contributed by atoms with Gasteiger partial charge in [0.1, 0.15) is 24.1 Å². The Labute approximate surface area is 180 Å². The van der Waals surface area contributed by atoms with Gasteiger partial charge in [-0.2, -0.15) is 0 Å². The molecule has 31 heavy (non-hydrogen) atoms. The highest BCUT2D eigenvalue weighted by Gasteiger charge is 2.26. The minimum atomic E-state index is 0.000513. The molecule has 4 heterocycles. The van der Waals surface area contributed by atoms with E-state index in [0.29, 0.717) is 6.61 Å². The molecule has 2 aliphatic rings. The Balaban J connectivity index is 1.16. The number of benzene rings is 2. The van der Waals surface area contributed by atoms with Gasteiger partial charge in [0.25, 0.3) is 0 Å². The predicted molar refractivity (Wildman–Crippen MR) is 122 cm³/mol. The maximum absolute atomic E-state index is 6.39. The summed E-state index contributed by atoms with van der Waals surface area (Å²) in [6.07, 6.45) is 3.25. The fourth-order valence-corrected chi connectivity index (χ4v) is 4.50. The summed E-state index contributed by atoms with van der Waals surface area (Å²) >= 11 is 0. The largest absolute Gasteiger partial charge is 0.486 e. The van der Waals surface area contributed by atoms with Gasteiger partial charge in [0, 0.05) is 36.1 Å². The maximum Gasteiger partial charge on any atom is 0.171 e. The Bertz CT molecular complexity index is 1270. The summed E-state index contributed by atoms with van der Waals surface area (Å²) in [5.41, 5.74) is 4.18. The Morgan fingerprint density at radius 2 is 2.03 bits per heavy atom. The summed E-state index contributed by atoms with van der Waals surface area (Å²) in [5, 5.41) is 2.17. The Kier molecular flexibility index (Phi) is 4.42. The van der Waals surface area contributed by atoms with Crippen LogP contribution in [0.4, 0.5) is 0 Å². The number of para-hydroxylation sites is 1. The molecular formula is C26H24N2O3. The molecule has 0 saturated carbocycles. The SMILES string of the molecule is Cc1ccc2c3c(ccc2n1)OCC(CN1CC=C(c2cc4ccccc4o2)CC1)O3. The first-order valence-electron chi connectivity index (χ1n) is 10.8.